The van der Waals surface area contributed by atoms with Crippen molar-refractivity contribution < 1.29 is 18.8 Å². The molecule has 3 amide bonds. The number of anilines is 2. The smallest absolute Gasteiger partial charge is 0.287 e. The third kappa shape index (κ3) is 6.03. The van der Waals surface area contributed by atoms with Crippen molar-refractivity contribution in [2.45, 2.75) is 19.4 Å². The monoisotopic (exact) mass is 549 g/mol. The molecule has 0 spiro atoms. The van der Waals surface area contributed by atoms with Gasteiger partial charge in [-0.05, 0) is 36.2 Å². The van der Waals surface area contributed by atoms with Crippen LogP contribution in [0.5, 0.6) is 0 Å². The molecule has 0 radical (unpaired) electrons. The molecule has 0 atom stereocenters. The van der Waals surface area contributed by atoms with Crippen molar-refractivity contribution in [3.05, 3.63) is 70.1 Å². The number of nitrogens with one attached hydrogen (secondary N) is 2. The summed E-state index contributed by atoms with van der Waals surface area (Å²) >= 11 is 1.41. The molecule has 1 aromatic heterocycles. The lowest BCUT2D eigenvalue weighted by Gasteiger charge is -2.37. The van der Waals surface area contributed by atoms with Crippen LogP contribution in [-0.4, -0.2) is 73.0 Å². The van der Waals surface area contributed by atoms with E-state index in [9.17, 15) is 19.2 Å². The van der Waals surface area contributed by atoms with Gasteiger partial charge in [-0.15, -0.1) is 0 Å². The number of carbonyl (C=O) groups is 3. The van der Waals surface area contributed by atoms with E-state index < -0.39 is 5.91 Å². The second kappa shape index (κ2) is 11.8. The van der Waals surface area contributed by atoms with Gasteiger partial charge in [-0.25, -0.2) is 0 Å². The van der Waals surface area contributed by atoms with Crippen LogP contribution in [-0.2, 0) is 16.1 Å². The van der Waals surface area contributed by atoms with Crippen LogP contribution in [0.4, 0.5) is 11.4 Å². The number of likely N-dealkylation sites (tertiary alicyclic amines) is 1. The third-order valence-corrected chi connectivity index (χ3v) is 7.51. The van der Waals surface area contributed by atoms with Crippen molar-refractivity contribution in [1.82, 2.24) is 15.1 Å². The van der Waals surface area contributed by atoms with Gasteiger partial charge in [0.15, 0.2) is 11.2 Å². The lowest BCUT2D eigenvalue weighted by Crippen LogP contribution is -2.51. The normalized spacial score (nSPS) is 15.6. The highest BCUT2D eigenvalue weighted by atomic mass is 32.2. The van der Waals surface area contributed by atoms with E-state index in [1.54, 1.807) is 23.1 Å². The van der Waals surface area contributed by atoms with Crippen molar-refractivity contribution in [3.63, 3.8) is 0 Å². The minimum atomic E-state index is -0.613. The van der Waals surface area contributed by atoms with E-state index in [0.29, 0.717) is 50.1 Å². The fourth-order valence-corrected chi connectivity index (χ4v) is 5.39. The molecule has 2 fully saturated rings. The Morgan fingerprint density at radius 1 is 1.00 bits per heavy atom. The molecule has 2 saturated heterocycles. The predicted molar refractivity (Wildman–Crippen MR) is 152 cm³/mol. The Morgan fingerprint density at radius 2 is 1.79 bits per heavy atom. The topological polar surface area (TPSA) is 115 Å². The summed E-state index contributed by atoms with van der Waals surface area (Å²) in [5.41, 5.74) is 2.92. The van der Waals surface area contributed by atoms with Gasteiger partial charge in [-0.2, -0.15) is 0 Å². The number of rotatable bonds is 8. The summed E-state index contributed by atoms with van der Waals surface area (Å²) in [6.45, 7) is 3.54. The molecule has 11 heteroatoms. The summed E-state index contributed by atoms with van der Waals surface area (Å²) in [5.74, 6) is -0.751. The highest BCUT2D eigenvalue weighted by Crippen LogP contribution is 2.25. The highest BCUT2D eigenvalue weighted by Gasteiger charge is 2.25. The fraction of sp³-hybridized carbons (Fsp3) is 0.357. The number of para-hydroxylation sites is 1. The summed E-state index contributed by atoms with van der Waals surface area (Å²) in [4.78, 5) is 56.0. The minimum Gasteiger partial charge on any atom is -0.451 e. The van der Waals surface area contributed by atoms with Gasteiger partial charge >= 0.3 is 0 Å². The number of piperazine rings is 1. The van der Waals surface area contributed by atoms with Crippen LogP contribution >= 0.6 is 11.9 Å². The van der Waals surface area contributed by atoms with Crippen molar-refractivity contribution >= 4 is 52.0 Å². The van der Waals surface area contributed by atoms with Crippen molar-refractivity contribution in [3.8, 4) is 0 Å². The van der Waals surface area contributed by atoms with Crippen molar-refractivity contribution in [2.24, 2.45) is 0 Å². The Kier molecular flexibility index (Phi) is 8.06. The molecular formula is C28H31N5O5S. The average Bonchev–Trinajstić information content (AvgIpc) is 3.36. The molecule has 10 nitrogen and oxygen atoms in total. The Hall–Kier alpha value is -3.99. The Balaban J connectivity index is 1.16. The number of carbonyl (C=O) groups excluding carboxylic acids is 3. The maximum atomic E-state index is 12.8. The lowest BCUT2D eigenvalue weighted by atomic mass is 10.1. The molecule has 2 aliphatic heterocycles. The largest absolute Gasteiger partial charge is 0.451 e. The molecule has 0 aliphatic carbocycles. The van der Waals surface area contributed by atoms with Crippen LogP contribution in [0.25, 0.3) is 11.0 Å². The number of hydrogen-bond acceptors (Lipinski definition) is 8. The number of benzene rings is 2. The zero-order valence-corrected chi connectivity index (χ0v) is 22.6. The zero-order valence-electron chi connectivity index (χ0n) is 21.8. The van der Waals surface area contributed by atoms with Gasteiger partial charge in [0.2, 0.25) is 11.8 Å². The average molecular weight is 550 g/mol. The zero-order chi connectivity index (χ0) is 27.4. The first-order valence-corrected chi connectivity index (χ1v) is 14.2. The lowest BCUT2D eigenvalue weighted by molar-refractivity contribution is -0.130. The Morgan fingerprint density at radius 3 is 2.54 bits per heavy atom. The molecule has 0 unspecified atom stereocenters. The van der Waals surface area contributed by atoms with Gasteiger partial charge < -0.3 is 29.2 Å². The molecule has 0 bridgehead atoms. The van der Waals surface area contributed by atoms with E-state index in [4.69, 9.17) is 4.42 Å². The highest BCUT2D eigenvalue weighted by molar-refractivity contribution is 7.99. The van der Waals surface area contributed by atoms with Crippen molar-refractivity contribution in [2.75, 3.05) is 55.1 Å². The van der Waals surface area contributed by atoms with Crippen LogP contribution in [0.2, 0.25) is 0 Å². The molecule has 2 N–H and O–H groups in total. The van der Waals surface area contributed by atoms with Gasteiger partial charge in [-0.1, -0.05) is 30.1 Å². The summed E-state index contributed by atoms with van der Waals surface area (Å²) < 4.78 is 8.70. The van der Waals surface area contributed by atoms with E-state index in [0.717, 1.165) is 36.0 Å². The minimum absolute atomic E-state index is 0.135. The standard InChI is InChI=1S/C28H31N5O5S/c1-39-30-20-8-9-24-21(15-20)23(34)16-25(38-24)28(37)29-17-27(36)32-13-11-31(12-14-32)22-6-3-2-5-19(22)18-33-10-4-7-26(33)35/h2-3,5-6,8-9,15-16,30H,4,7,10-14,17-18H2,1H3,(H,29,37). The predicted octanol–water partition coefficient (Wildman–Crippen LogP) is 2.68. The summed E-state index contributed by atoms with van der Waals surface area (Å²) in [7, 11) is 0. The number of nitrogens with zero attached hydrogens (tertiary/aromatic N) is 3. The molecular weight excluding hydrogens is 518 g/mol. The van der Waals surface area contributed by atoms with Gasteiger partial charge in [-0.3, -0.25) is 19.2 Å². The molecule has 2 aromatic carbocycles. The number of fused-ring (bicyclic) bond motifs is 1. The molecule has 204 valence electrons. The van der Waals surface area contributed by atoms with Gasteiger partial charge in [0.25, 0.3) is 5.91 Å². The van der Waals surface area contributed by atoms with Crippen LogP contribution in [0.3, 0.4) is 0 Å². The molecule has 3 aromatic rings. The summed E-state index contributed by atoms with van der Waals surface area (Å²) in [5, 5.41) is 2.96. The molecule has 0 saturated carbocycles. The maximum absolute atomic E-state index is 12.8. The molecule has 3 heterocycles. The first-order chi connectivity index (χ1) is 18.9. The number of hydrogen-bond donors (Lipinski definition) is 2. The second-order valence-electron chi connectivity index (χ2n) is 9.59. The van der Waals surface area contributed by atoms with Crippen LogP contribution < -0.4 is 20.4 Å². The van der Waals surface area contributed by atoms with Crippen LogP contribution in [0.1, 0.15) is 29.0 Å². The van der Waals surface area contributed by atoms with E-state index in [1.807, 2.05) is 23.3 Å². The first kappa shape index (κ1) is 26.6. The Bertz CT molecular complexity index is 1450. The molecule has 5 rings (SSSR count). The van der Waals surface area contributed by atoms with Gasteiger partial charge in [0.05, 0.1) is 11.9 Å². The second-order valence-corrected chi connectivity index (χ2v) is 10.2. The summed E-state index contributed by atoms with van der Waals surface area (Å²) in [6.07, 6.45) is 3.40. The van der Waals surface area contributed by atoms with E-state index in [1.165, 1.54) is 11.9 Å². The van der Waals surface area contributed by atoms with Crippen LogP contribution in [0.15, 0.2) is 57.7 Å². The number of amides is 3. The van der Waals surface area contributed by atoms with E-state index in [2.05, 4.69) is 27.1 Å². The van der Waals surface area contributed by atoms with Gasteiger partial charge in [0.1, 0.15) is 5.58 Å². The van der Waals surface area contributed by atoms with E-state index >= 15 is 0 Å². The molecule has 2 aliphatic rings. The molecule has 39 heavy (non-hydrogen) atoms. The van der Waals surface area contributed by atoms with E-state index in [-0.39, 0.29) is 29.5 Å². The van der Waals surface area contributed by atoms with Gasteiger partial charge in [0, 0.05) is 69.4 Å². The maximum Gasteiger partial charge on any atom is 0.287 e. The van der Waals surface area contributed by atoms with Crippen molar-refractivity contribution in [1.29, 1.82) is 0 Å². The fourth-order valence-electron chi connectivity index (χ4n) is 5.03. The Labute approximate surface area is 230 Å². The third-order valence-electron chi connectivity index (χ3n) is 7.07. The SMILES string of the molecule is CSNc1ccc2oc(C(=O)NCC(=O)N3CCN(c4ccccc4CN4CCCC4=O)CC3)cc(=O)c2c1. The first-order valence-electron chi connectivity index (χ1n) is 13.0. The quantitative estimate of drug-likeness (QED) is 0.412. The van der Waals surface area contributed by atoms with Crippen LogP contribution in [0, 0.1) is 0 Å². The summed E-state index contributed by atoms with van der Waals surface area (Å²) in [6, 6.07) is 14.3.